The number of benzene rings is 1. The van der Waals surface area contributed by atoms with Crippen molar-refractivity contribution in [3.8, 4) is 17.1 Å². The number of nitrogens with zero attached hydrogens (tertiary/aromatic N) is 4. The average molecular weight is 479 g/mol. The van der Waals surface area contributed by atoms with Crippen LogP contribution in [-0.2, 0) is 13.5 Å². The molecule has 1 atom stereocenters. The molecule has 2 heterocycles. The highest BCUT2D eigenvalue weighted by molar-refractivity contribution is 5.80. The summed E-state index contributed by atoms with van der Waals surface area (Å²) in [6.07, 6.45) is -0.0120. The molecule has 0 amide bonds. The SMILES string of the molecule is Cn1c(-c2ccc3c(c2O)CCC3=C(F)F)nnc(N[C@@H]2CCCN(C3CC(F)(F)C3)C2)c1=O. The summed E-state index contributed by atoms with van der Waals surface area (Å²) in [6, 6.07) is 2.71. The minimum Gasteiger partial charge on any atom is -0.507 e. The second kappa shape index (κ2) is 8.37. The van der Waals surface area contributed by atoms with Crippen LogP contribution in [0, 0.1) is 0 Å². The molecule has 2 aliphatic carbocycles. The summed E-state index contributed by atoms with van der Waals surface area (Å²) in [6.45, 7) is 1.29. The summed E-state index contributed by atoms with van der Waals surface area (Å²) in [7, 11) is 1.50. The van der Waals surface area contributed by atoms with E-state index in [-0.39, 0.29) is 66.3 Å². The summed E-state index contributed by atoms with van der Waals surface area (Å²) >= 11 is 0. The molecule has 1 aromatic carbocycles. The summed E-state index contributed by atoms with van der Waals surface area (Å²) in [5.74, 6) is -2.60. The van der Waals surface area contributed by atoms with Crippen LogP contribution in [0.25, 0.3) is 17.0 Å². The van der Waals surface area contributed by atoms with E-state index in [0.717, 1.165) is 19.4 Å². The Morgan fingerprint density at radius 3 is 2.62 bits per heavy atom. The van der Waals surface area contributed by atoms with Crippen molar-refractivity contribution in [1.29, 1.82) is 0 Å². The summed E-state index contributed by atoms with van der Waals surface area (Å²) < 4.78 is 54.1. The quantitative estimate of drug-likeness (QED) is 0.650. The number of allylic oxidation sites excluding steroid dienone is 1. The molecule has 2 fully saturated rings. The van der Waals surface area contributed by atoms with Gasteiger partial charge in [-0.05, 0) is 43.9 Å². The van der Waals surface area contributed by atoms with E-state index >= 15 is 0 Å². The first-order valence-corrected chi connectivity index (χ1v) is 11.4. The fourth-order valence-corrected chi connectivity index (χ4v) is 5.26. The summed E-state index contributed by atoms with van der Waals surface area (Å²) in [5, 5.41) is 22.0. The first kappa shape index (κ1) is 22.8. The van der Waals surface area contributed by atoms with E-state index in [4.69, 9.17) is 0 Å². The number of anilines is 1. The molecule has 7 nitrogen and oxygen atoms in total. The third-order valence-corrected chi connectivity index (χ3v) is 7.15. The predicted molar refractivity (Wildman–Crippen MR) is 118 cm³/mol. The van der Waals surface area contributed by atoms with E-state index in [2.05, 4.69) is 15.5 Å². The lowest BCUT2D eigenvalue weighted by molar-refractivity contribution is -0.127. The predicted octanol–water partition coefficient (Wildman–Crippen LogP) is 3.78. The van der Waals surface area contributed by atoms with Crippen molar-refractivity contribution >= 4 is 11.4 Å². The lowest BCUT2D eigenvalue weighted by Crippen LogP contribution is -2.55. The topological polar surface area (TPSA) is 83.3 Å². The molecule has 1 aliphatic heterocycles. The maximum atomic E-state index is 13.3. The molecule has 0 bridgehead atoms. The van der Waals surface area contributed by atoms with Gasteiger partial charge < -0.3 is 10.4 Å². The number of phenolic OH excluding ortho intramolecular Hbond substituents is 1. The van der Waals surface area contributed by atoms with Gasteiger partial charge in [-0.15, -0.1) is 10.2 Å². The van der Waals surface area contributed by atoms with Crippen LogP contribution in [0.4, 0.5) is 23.4 Å². The zero-order valence-electron chi connectivity index (χ0n) is 18.6. The van der Waals surface area contributed by atoms with Crippen molar-refractivity contribution in [2.45, 2.75) is 56.5 Å². The Hall–Kier alpha value is -2.95. The maximum absolute atomic E-state index is 13.3. The number of alkyl halides is 2. The third-order valence-electron chi connectivity index (χ3n) is 7.15. The van der Waals surface area contributed by atoms with Crippen molar-refractivity contribution in [2.75, 3.05) is 18.4 Å². The normalized spacial score (nSPS) is 22.4. The molecule has 0 radical (unpaired) electrons. The Morgan fingerprint density at radius 2 is 1.91 bits per heavy atom. The van der Waals surface area contributed by atoms with Gasteiger partial charge in [-0.1, -0.05) is 6.07 Å². The van der Waals surface area contributed by atoms with Crippen LogP contribution in [-0.4, -0.2) is 55.9 Å². The van der Waals surface area contributed by atoms with Crippen molar-refractivity contribution in [3.63, 3.8) is 0 Å². The Balaban J connectivity index is 1.36. The zero-order chi connectivity index (χ0) is 24.2. The van der Waals surface area contributed by atoms with Crippen LogP contribution in [0.2, 0.25) is 0 Å². The van der Waals surface area contributed by atoms with Gasteiger partial charge in [-0.3, -0.25) is 14.3 Å². The number of halogens is 4. The molecule has 34 heavy (non-hydrogen) atoms. The molecular formula is C23H25F4N5O2. The molecule has 1 saturated heterocycles. The number of phenols is 1. The standard InChI is InChI=1S/C23H25F4N5O2/c1-31-21(17-7-4-14-15(18(17)33)5-6-16(14)19(24)25)30-29-20(22(31)34)28-12-3-2-8-32(11-12)13-9-23(26,27)10-13/h4,7,12-13,33H,2-3,5-6,8-11H2,1H3,(H,28,29)/t12-/m1/s1. The summed E-state index contributed by atoms with van der Waals surface area (Å²) in [4.78, 5) is 15.0. The molecule has 2 aromatic rings. The molecule has 0 unspecified atom stereocenters. The van der Waals surface area contributed by atoms with E-state index < -0.39 is 17.6 Å². The van der Waals surface area contributed by atoms with E-state index in [0.29, 0.717) is 17.7 Å². The minimum absolute atomic E-state index is 0.0439. The summed E-state index contributed by atoms with van der Waals surface area (Å²) in [5.41, 5.74) is 0.424. The second-order valence-electron chi connectivity index (χ2n) is 9.36. The van der Waals surface area contributed by atoms with E-state index in [1.165, 1.54) is 23.7 Å². The van der Waals surface area contributed by atoms with Gasteiger partial charge in [0.1, 0.15) is 5.75 Å². The zero-order valence-corrected chi connectivity index (χ0v) is 18.6. The van der Waals surface area contributed by atoms with Gasteiger partial charge in [0.15, 0.2) is 5.82 Å². The molecule has 1 saturated carbocycles. The van der Waals surface area contributed by atoms with Gasteiger partial charge in [0.05, 0.1) is 5.56 Å². The van der Waals surface area contributed by atoms with E-state index in [1.54, 1.807) is 0 Å². The van der Waals surface area contributed by atoms with Gasteiger partial charge in [0, 0.05) is 49.7 Å². The van der Waals surface area contributed by atoms with Crippen LogP contribution >= 0.6 is 0 Å². The van der Waals surface area contributed by atoms with Crippen molar-refractivity contribution in [2.24, 2.45) is 7.05 Å². The molecule has 5 rings (SSSR count). The fourth-order valence-electron chi connectivity index (χ4n) is 5.26. The molecular weight excluding hydrogens is 454 g/mol. The van der Waals surface area contributed by atoms with Gasteiger partial charge in [0.2, 0.25) is 5.82 Å². The monoisotopic (exact) mass is 479 g/mol. The van der Waals surface area contributed by atoms with E-state index in [1.807, 2.05) is 4.90 Å². The lowest BCUT2D eigenvalue weighted by atomic mass is 9.85. The molecule has 0 spiro atoms. The first-order valence-electron chi connectivity index (χ1n) is 11.4. The van der Waals surface area contributed by atoms with Crippen molar-refractivity contribution in [3.05, 3.63) is 39.7 Å². The maximum Gasteiger partial charge on any atom is 0.296 e. The van der Waals surface area contributed by atoms with Crippen molar-refractivity contribution < 1.29 is 22.7 Å². The molecule has 3 aliphatic rings. The minimum atomic E-state index is -2.58. The number of aromatic nitrogens is 3. The lowest BCUT2D eigenvalue weighted by Gasteiger charge is -2.45. The smallest absolute Gasteiger partial charge is 0.296 e. The number of piperidine rings is 1. The highest BCUT2D eigenvalue weighted by Gasteiger charge is 2.48. The van der Waals surface area contributed by atoms with Gasteiger partial charge in [-0.2, -0.15) is 8.78 Å². The number of hydrogen-bond donors (Lipinski definition) is 2. The number of likely N-dealkylation sites (tertiary alicyclic amines) is 1. The molecule has 11 heteroatoms. The van der Waals surface area contributed by atoms with Gasteiger partial charge in [0.25, 0.3) is 17.6 Å². The average Bonchev–Trinajstić information content (AvgIpc) is 3.22. The van der Waals surface area contributed by atoms with Gasteiger partial charge >= 0.3 is 0 Å². The highest BCUT2D eigenvalue weighted by atomic mass is 19.3. The second-order valence-corrected chi connectivity index (χ2v) is 9.36. The Kier molecular flexibility index (Phi) is 5.62. The first-order chi connectivity index (χ1) is 16.1. The molecule has 2 N–H and O–H groups in total. The Morgan fingerprint density at radius 1 is 1.18 bits per heavy atom. The number of aromatic hydroxyl groups is 1. The Labute approximate surface area is 193 Å². The number of rotatable bonds is 4. The molecule has 1 aromatic heterocycles. The van der Waals surface area contributed by atoms with E-state index in [9.17, 15) is 27.5 Å². The highest BCUT2D eigenvalue weighted by Crippen LogP contribution is 2.44. The van der Waals surface area contributed by atoms with Crippen LogP contribution in [0.5, 0.6) is 5.75 Å². The molecule has 182 valence electrons. The fraction of sp³-hybridized carbons (Fsp3) is 0.522. The van der Waals surface area contributed by atoms with Crippen LogP contribution in [0.15, 0.2) is 23.0 Å². The van der Waals surface area contributed by atoms with Crippen LogP contribution in [0.3, 0.4) is 0 Å². The van der Waals surface area contributed by atoms with Crippen molar-refractivity contribution in [1.82, 2.24) is 19.7 Å². The largest absolute Gasteiger partial charge is 0.507 e. The Bertz CT molecular complexity index is 1220. The number of hydrogen-bond acceptors (Lipinski definition) is 6. The van der Waals surface area contributed by atoms with Crippen LogP contribution in [0.1, 0.15) is 43.2 Å². The third kappa shape index (κ3) is 3.95. The number of nitrogens with one attached hydrogen (secondary N) is 1. The van der Waals surface area contributed by atoms with Crippen LogP contribution < -0.4 is 10.9 Å². The van der Waals surface area contributed by atoms with Gasteiger partial charge in [-0.25, -0.2) is 8.78 Å². The number of fused-ring (bicyclic) bond motifs is 1.